The molecule has 0 saturated carbocycles. The summed E-state index contributed by atoms with van der Waals surface area (Å²) >= 11 is 0. The van der Waals surface area contributed by atoms with Gasteiger partial charge in [0.2, 0.25) is 0 Å². The smallest absolute Gasteiger partial charge is 0.355 e. The largest absolute Gasteiger partial charge is 0.453 e. The van der Waals surface area contributed by atoms with E-state index in [1.807, 2.05) is 11.9 Å². The van der Waals surface area contributed by atoms with Crippen LogP contribution in [0.15, 0.2) is 12.1 Å². The number of rotatable bonds is 3. The Kier molecular flexibility index (Phi) is 3.90. The number of fused-ring (bicyclic) bond motifs is 1. The molecular formula is C13H17F3N6. The van der Waals surface area contributed by atoms with E-state index >= 15 is 0 Å². The molecule has 0 bridgehead atoms. The first-order valence-corrected chi connectivity index (χ1v) is 7.18. The van der Waals surface area contributed by atoms with E-state index in [4.69, 9.17) is 0 Å². The minimum absolute atomic E-state index is 0.0971. The maximum atomic E-state index is 12.9. The Labute approximate surface area is 125 Å². The van der Waals surface area contributed by atoms with Crippen LogP contribution in [-0.2, 0) is 6.18 Å². The first-order valence-electron chi connectivity index (χ1n) is 7.18. The Morgan fingerprint density at radius 1 is 1.32 bits per heavy atom. The zero-order chi connectivity index (χ0) is 15.7. The van der Waals surface area contributed by atoms with Crippen LogP contribution in [0.5, 0.6) is 0 Å². The zero-order valence-corrected chi connectivity index (χ0v) is 12.1. The maximum absolute atomic E-state index is 12.9. The van der Waals surface area contributed by atoms with Crippen molar-refractivity contribution in [3.63, 3.8) is 0 Å². The monoisotopic (exact) mass is 314 g/mol. The lowest BCUT2D eigenvalue weighted by Crippen LogP contribution is -2.39. The topological polar surface area (TPSA) is 58.3 Å². The number of nitrogens with zero attached hydrogens (tertiary/aromatic N) is 5. The van der Waals surface area contributed by atoms with E-state index in [0.29, 0.717) is 11.7 Å². The van der Waals surface area contributed by atoms with Crippen LogP contribution in [0.1, 0.15) is 18.7 Å². The molecule has 3 heterocycles. The van der Waals surface area contributed by atoms with Crippen molar-refractivity contribution < 1.29 is 13.2 Å². The lowest BCUT2D eigenvalue weighted by Gasteiger charge is -2.33. The minimum Gasteiger partial charge on any atom is -0.355 e. The number of alkyl halides is 3. The molecule has 2 aromatic rings. The summed E-state index contributed by atoms with van der Waals surface area (Å²) in [7, 11) is 1.90. The van der Waals surface area contributed by atoms with Crippen molar-refractivity contribution >= 4 is 11.5 Å². The van der Waals surface area contributed by atoms with Crippen molar-refractivity contribution in [3.05, 3.63) is 18.0 Å². The lowest BCUT2D eigenvalue weighted by atomic mass is 9.98. The molecule has 2 aromatic heterocycles. The number of anilines is 1. The summed E-state index contributed by atoms with van der Waals surface area (Å²) in [5.41, 5.74) is 0.0971. The molecule has 1 fully saturated rings. The number of hydrogen-bond acceptors (Lipinski definition) is 5. The molecule has 0 aliphatic carbocycles. The van der Waals surface area contributed by atoms with Crippen LogP contribution in [0.3, 0.4) is 0 Å². The average molecular weight is 314 g/mol. The maximum Gasteiger partial charge on any atom is 0.453 e. The zero-order valence-electron chi connectivity index (χ0n) is 12.1. The van der Waals surface area contributed by atoms with Gasteiger partial charge in [0.25, 0.3) is 5.82 Å². The first-order chi connectivity index (χ1) is 10.5. The summed E-state index contributed by atoms with van der Waals surface area (Å²) in [6.07, 6.45) is -2.46. The SMILES string of the molecule is CNCC1CCCN(c2ccc3nnc(C(F)(F)F)n3n2)C1. The van der Waals surface area contributed by atoms with Gasteiger partial charge in [-0.05, 0) is 44.5 Å². The van der Waals surface area contributed by atoms with Crippen molar-refractivity contribution in [2.45, 2.75) is 19.0 Å². The van der Waals surface area contributed by atoms with Gasteiger partial charge in [-0.1, -0.05) is 0 Å². The van der Waals surface area contributed by atoms with Crippen molar-refractivity contribution in [3.8, 4) is 0 Å². The third kappa shape index (κ3) is 2.85. The van der Waals surface area contributed by atoms with Gasteiger partial charge in [-0.25, -0.2) is 0 Å². The van der Waals surface area contributed by atoms with E-state index < -0.39 is 12.0 Å². The summed E-state index contributed by atoms with van der Waals surface area (Å²) in [6, 6.07) is 3.22. The summed E-state index contributed by atoms with van der Waals surface area (Å²) in [4.78, 5) is 2.02. The third-order valence-corrected chi connectivity index (χ3v) is 3.84. The average Bonchev–Trinajstić information content (AvgIpc) is 2.91. The Morgan fingerprint density at radius 3 is 2.86 bits per heavy atom. The van der Waals surface area contributed by atoms with Crippen LogP contribution in [0.25, 0.3) is 5.65 Å². The third-order valence-electron chi connectivity index (χ3n) is 3.84. The summed E-state index contributed by atoms with van der Waals surface area (Å²) in [6.45, 7) is 2.46. The molecule has 1 atom stereocenters. The molecule has 6 nitrogen and oxygen atoms in total. The standard InChI is InChI=1S/C13H17F3N6/c1-17-7-9-3-2-6-21(8-9)11-5-4-10-18-19-12(13(14,15)16)22(10)20-11/h4-5,9,17H,2-3,6-8H2,1H3. The predicted octanol–water partition coefficient (Wildman–Crippen LogP) is 1.58. The van der Waals surface area contributed by atoms with Crippen molar-refractivity contribution in [2.24, 2.45) is 5.92 Å². The quantitative estimate of drug-likeness (QED) is 0.932. The molecule has 1 N–H and O–H groups in total. The van der Waals surface area contributed by atoms with Gasteiger partial charge in [-0.3, -0.25) is 0 Å². The van der Waals surface area contributed by atoms with Crippen LogP contribution in [-0.4, -0.2) is 46.5 Å². The van der Waals surface area contributed by atoms with Gasteiger partial charge in [0.15, 0.2) is 5.65 Å². The van der Waals surface area contributed by atoms with Gasteiger partial charge in [0.1, 0.15) is 5.82 Å². The molecule has 9 heteroatoms. The molecule has 22 heavy (non-hydrogen) atoms. The highest BCUT2D eigenvalue weighted by atomic mass is 19.4. The van der Waals surface area contributed by atoms with E-state index in [-0.39, 0.29) is 5.65 Å². The fraction of sp³-hybridized carbons (Fsp3) is 0.615. The number of aromatic nitrogens is 4. The fourth-order valence-electron chi connectivity index (χ4n) is 2.85. The second-order valence-corrected chi connectivity index (χ2v) is 5.49. The van der Waals surface area contributed by atoms with E-state index in [1.54, 1.807) is 6.07 Å². The Hall–Kier alpha value is -1.90. The molecule has 0 amide bonds. The molecule has 3 rings (SSSR count). The number of hydrogen-bond donors (Lipinski definition) is 1. The molecule has 1 saturated heterocycles. The number of halogens is 3. The molecular weight excluding hydrogens is 297 g/mol. The van der Waals surface area contributed by atoms with Crippen LogP contribution < -0.4 is 10.2 Å². The second kappa shape index (κ2) is 5.71. The van der Waals surface area contributed by atoms with Gasteiger partial charge in [0.05, 0.1) is 0 Å². The molecule has 1 aliphatic rings. The van der Waals surface area contributed by atoms with Gasteiger partial charge in [-0.15, -0.1) is 15.3 Å². The van der Waals surface area contributed by atoms with Crippen LogP contribution in [0.2, 0.25) is 0 Å². The molecule has 0 spiro atoms. The summed E-state index contributed by atoms with van der Waals surface area (Å²) in [5, 5.41) is 14.0. The van der Waals surface area contributed by atoms with Gasteiger partial charge in [-0.2, -0.15) is 17.7 Å². The molecule has 1 aliphatic heterocycles. The Morgan fingerprint density at radius 2 is 2.14 bits per heavy atom. The Balaban J connectivity index is 1.91. The van der Waals surface area contributed by atoms with Crippen LogP contribution >= 0.6 is 0 Å². The molecule has 120 valence electrons. The van der Waals surface area contributed by atoms with Crippen LogP contribution in [0.4, 0.5) is 19.0 Å². The number of piperidine rings is 1. The highest BCUT2D eigenvalue weighted by Crippen LogP contribution is 2.28. The normalized spacial score (nSPS) is 19.8. The van der Waals surface area contributed by atoms with Gasteiger partial charge in [0, 0.05) is 13.1 Å². The van der Waals surface area contributed by atoms with Crippen molar-refractivity contribution in [1.82, 2.24) is 25.1 Å². The predicted molar refractivity (Wildman–Crippen MR) is 74.6 cm³/mol. The second-order valence-electron chi connectivity index (χ2n) is 5.49. The van der Waals surface area contributed by atoms with E-state index in [1.165, 1.54) is 6.07 Å². The fourth-order valence-corrected chi connectivity index (χ4v) is 2.85. The summed E-state index contributed by atoms with van der Waals surface area (Å²) in [5.74, 6) is -0.0917. The highest BCUT2D eigenvalue weighted by molar-refractivity contribution is 5.46. The van der Waals surface area contributed by atoms with Crippen LogP contribution in [0, 0.1) is 5.92 Å². The molecule has 0 aromatic carbocycles. The van der Waals surface area contributed by atoms with Crippen molar-refractivity contribution in [1.29, 1.82) is 0 Å². The van der Waals surface area contributed by atoms with E-state index in [9.17, 15) is 13.2 Å². The van der Waals surface area contributed by atoms with Crippen molar-refractivity contribution in [2.75, 3.05) is 31.6 Å². The van der Waals surface area contributed by atoms with E-state index in [2.05, 4.69) is 20.6 Å². The Bertz CT molecular complexity index is 651. The molecule has 0 radical (unpaired) electrons. The minimum atomic E-state index is -4.57. The van der Waals surface area contributed by atoms with Gasteiger partial charge >= 0.3 is 6.18 Å². The summed E-state index contributed by atoms with van der Waals surface area (Å²) < 4.78 is 39.5. The first kappa shape index (κ1) is 15.0. The highest BCUT2D eigenvalue weighted by Gasteiger charge is 2.37. The van der Waals surface area contributed by atoms with Gasteiger partial charge < -0.3 is 10.2 Å². The molecule has 1 unspecified atom stereocenters. The number of nitrogens with one attached hydrogen (secondary N) is 1. The van der Waals surface area contributed by atoms with E-state index in [0.717, 1.165) is 37.0 Å². The lowest BCUT2D eigenvalue weighted by molar-refractivity contribution is -0.146.